The lowest BCUT2D eigenvalue weighted by Gasteiger charge is -2.12. The number of carbonyl (C=O) groups excluding carboxylic acids is 1. The molecule has 0 bridgehead atoms. The van der Waals surface area contributed by atoms with Gasteiger partial charge in [0.25, 0.3) is 0 Å². The Hall–Kier alpha value is -1.01. The molecule has 0 atom stereocenters. The van der Waals surface area contributed by atoms with Crippen LogP contribution in [0.5, 0.6) is 0 Å². The minimum absolute atomic E-state index is 0.0772. The van der Waals surface area contributed by atoms with E-state index in [1.807, 2.05) is 0 Å². The number of thioether (sulfide) groups is 1. The van der Waals surface area contributed by atoms with Crippen LogP contribution in [0.15, 0.2) is 22.1 Å². The quantitative estimate of drug-likeness (QED) is 0.626. The number of nitrogens with two attached hydrogens (primary N) is 1. The molecule has 1 aromatic heterocycles. The lowest BCUT2D eigenvalue weighted by atomic mass is 9.97. The highest BCUT2D eigenvalue weighted by molar-refractivity contribution is 8.01. The normalized spacial score (nSPS) is 15.1. The molecule has 0 aliphatic heterocycles. The summed E-state index contributed by atoms with van der Waals surface area (Å²) in [4.78, 5) is 15.6. The molecule has 0 aromatic carbocycles. The number of nitrogens with one attached hydrogen (secondary N) is 1. The number of rotatable bonds is 6. The fourth-order valence-corrected chi connectivity index (χ4v) is 3.61. The zero-order valence-corrected chi connectivity index (χ0v) is 12.5. The first-order chi connectivity index (χ1) is 9.24. The summed E-state index contributed by atoms with van der Waals surface area (Å²) in [5.74, 6) is 0.508. The average Bonchev–Trinajstić information content (AvgIpc) is 2.83. The molecule has 1 heterocycles. The maximum absolute atomic E-state index is 11.7. The molecule has 1 aliphatic rings. The van der Waals surface area contributed by atoms with E-state index in [1.54, 1.807) is 6.20 Å². The zero-order valence-electron chi connectivity index (χ0n) is 10.9. The van der Waals surface area contributed by atoms with Gasteiger partial charge < -0.3 is 11.1 Å². The van der Waals surface area contributed by atoms with Gasteiger partial charge in [-0.15, -0.1) is 11.8 Å². The Labute approximate surface area is 121 Å². The summed E-state index contributed by atoms with van der Waals surface area (Å²) in [6.45, 7) is 0.746. The van der Waals surface area contributed by atoms with Crippen LogP contribution < -0.4 is 11.1 Å². The number of nitrogen functional groups attached to an aromatic ring is 1. The van der Waals surface area contributed by atoms with Gasteiger partial charge in [-0.25, -0.2) is 4.98 Å². The smallest absolute Gasteiger partial charge is 0.230 e. The molecule has 2 rings (SSSR count). The molecular formula is C13H19N3OS2. The molecule has 1 aromatic rings. The predicted molar refractivity (Wildman–Crippen MR) is 81.4 cm³/mol. The van der Waals surface area contributed by atoms with Gasteiger partial charge in [0.2, 0.25) is 5.91 Å². The molecule has 0 saturated heterocycles. The summed E-state index contributed by atoms with van der Waals surface area (Å²) in [6, 6.07) is 0. The van der Waals surface area contributed by atoms with Crippen molar-refractivity contribution < 1.29 is 4.79 Å². The largest absolute Gasteiger partial charge is 0.375 e. The number of thiazole rings is 1. The van der Waals surface area contributed by atoms with E-state index in [2.05, 4.69) is 16.4 Å². The SMILES string of the molecule is Nc1ncc(SCC(=O)NCCC2=CCCCC2)s1. The van der Waals surface area contributed by atoms with Gasteiger partial charge >= 0.3 is 0 Å². The summed E-state index contributed by atoms with van der Waals surface area (Å²) < 4.78 is 0.989. The predicted octanol–water partition coefficient (Wildman–Crippen LogP) is 2.82. The highest BCUT2D eigenvalue weighted by Crippen LogP contribution is 2.26. The molecule has 6 heteroatoms. The molecule has 4 nitrogen and oxygen atoms in total. The Morgan fingerprint density at radius 1 is 1.53 bits per heavy atom. The summed E-state index contributed by atoms with van der Waals surface area (Å²) in [7, 11) is 0. The first-order valence-electron chi connectivity index (χ1n) is 6.53. The average molecular weight is 297 g/mol. The van der Waals surface area contributed by atoms with Crippen molar-refractivity contribution in [1.82, 2.24) is 10.3 Å². The van der Waals surface area contributed by atoms with Crippen LogP contribution in [0.3, 0.4) is 0 Å². The van der Waals surface area contributed by atoms with Crippen LogP contribution in [-0.4, -0.2) is 23.2 Å². The van der Waals surface area contributed by atoms with Gasteiger partial charge in [0.1, 0.15) is 0 Å². The number of hydrogen-bond donors (Lipinski definition) is 2. The van der Waals surface area contributed by atoms with E-state index in [4.69, 9.17) is 5.73 Å². The number of amides is 1. The summed E-state index contributed by atoms with van der Waals surface area (Å²) >= 11 is 2.90. The highest BCUT2D eigenvalue weighted by atomic mass is 32.2. The van der Waals surface area contributed by atoms with Crippen molar-refractivity contribution in [2.24, 2.45) is 0 Å². The number of anilines is 1. The maximum atomic E-state index is 11.7. The van der Waals surface area contributed by atoms with E-state index in [0.717, 1.165) is 17.2 Å². The third-order valence-electron chi connectivity index (χ3n) is 3.00. The summed E-state index contributed by atoms with van der Waals surface area (Å²) in [5, 5.41) is 3.51. The summed E-state index contributed by atoms with van der Waals surface area (Å²) in [5.41, 5.74) is 7.03. The van der Waals surface area contributed by atoms with Gasteiger partial charge in [-0.05, 0) is 32.1 Å². The minimum atomic E-state index is 0.0772. The molecule has 0 unspecified atom stereocenters. The Morgan fingerprint density at radius 3 is 3.11 bits per heavy atom. The van der Waals surface area contributed by atoms with E-state index in [0.29, 0.717) is 10.9 Å². The van der Waals surface area contributed by atoms with Crippen molar-refractivity contribution in [3.8, 4) is 0 Å². The lowest BCUT2D eigenvalue weighted by molar-refractivity contribution is -0.118. The lowest BCUT2D eigenvalue weighted by Crippen LogP contribution is -2.26. The minimum Gasteiger partial charge on any atom is -0.375 e. The van der Waals surface area contributed by atoms with Gasteiger partial charge in [0.15, 0.2) is 5.13 Å². The van der Waals surface area contributed by atoms with Gasteiger partial charge in [-0.1, -0.05) is 23.0 Å². The number of carbonyl (C=O) groups is 1. The highest BCUT2D eigenvalue weighted by Gasteiger charge is 2.07. The van der Waals surface area contributed by atoms with Gasteiger partial charge in [0.05, 0.1) is 16.2 Å². The van der Waals surface area contributed by atoms with Crippen molar-refractivity contribution >= 4 is 34.1 Å². The molecule has 19 heavy (non-hydrogen) atoms. The van der Waals surface area contributed by atoms with Crippen LogP contribution >= 0.6 is 23.1 Å². The first kappa shape index (κ1) is 14.4. The molecule has 3 N–H and O–H groups in total. The Balaban J connectivity index is 1.60. The van der Waals surface area contributed by atoms with Crippen LogP contribution in [0.2, 0.25) is 0 Å². The Bertz CT molecular complexity index is 456. The second kappa shape index (κ2) is 7.55. The van der Waals surface area contributed by atoms with Crippen molar-refractivity contribution in [2.75, 3.05) is 18.0 Å². The van der Waals surface area contributed by atoms with Crippen LogP contribution in [0.1, 0.15) is 32.1 Å². The number of allylic oxidation sites excluding steroid dienone is 1. The molecule has 1 aliphatic carbocycles. The Kier molecular flexibility index (Phi) is 5.72. The molecule has 104 valence electrons. The third-order valence-corrected chi connectivity index (χ3v) is 5.02. The van der Waals surface area contributed by atoms with Crippen LogP contribution in [0.25, 0.3) is 0 Å². The second-order valence-corrected chi connectivity index (χ2v) is 6.85. The summed E-state index contributed by atoms with van der Waals surface area (Å²) in [6.07, 6.45) is 10.0. The van der Waals surface area contributed by atoms with E-state index in [1.165, 1.54) is 54.4 Å². The second-order valence-electron chi connectivity index (χ2n) is 4.51. The van der Waals surface area contributed by atoms with Gasteiger partial charge in [-0.2, -0.15) is 0 Å². The molecule has 1 amide bonds. The number of aromatic nitrogens is 1. The van der Waals surface area contributed by atoms with E-state index in [-0.39, 0.29) is 5.91 Å². The molecule has 0 spiro atoms. The molecule has 0 saturated carbocycles. The van der Waals surface area contributed by atoms with E-state index in [9.17, 15) is 4.79 Å². The van der Waals surface area contributed by atoms with Crippen molar-refractivity contribution in [2.45, 2.75) is 36.3 Å². The van der Waals surface area contributed by atoms with Crippen molar-refractivity contribution in [3.63, 3.8) is 0 Å². The van der Waals surface area contributed by atoms with Gasteiger partial charge in [-0.3, -0.25) is 4.79 Å². The Morgan fingerprint density at radius 2 is 2.42 bits per heavy atom. The van der Waals surface area contributed by atoms with E-state index >= 15 is 0 Å². The van der Waals surface area contributed by atoms with Crippen LogP contribution in [0.4, 0.5) is 5.13 Å². The number of nitrogens with zero attached hydrogens (tertiary/aromatic N) is 1. The van der Waals surface area contributed by atoms with Crippen molar-refractivity contribution in [3.05, 3.63) is 17.8 Å². The fraction of sp³-hybridized carbons (Fsp3) is 0.538. The van der Waals surface area contributed by atoms with Crippen LogP contribution in [0, 0.1) is 0 Å². The van der Waals surface area contributed by atoms with Gasteiger partial charge in [0, 0.05) is 6.54 Å². The molecule has 0 fully saturated rings. The molecule has 0 radical (unpaired) electrons. The molecular weight excluding hydrogens is 278 g/mol. The fourth-order valence-electron chi connectivity index (χ4n) is 2.02. The first-order valence-corrected chi connectivity index (χ1v) is 8.33. The van der Waals surface area contributed by atoms with Crippen LogP contribution in [-0.2, 0) is 4.79 Å². The monoisotopic (exact) mass is 297 g/mol. The van der Waals surface area contributed by atoms with E-state index < -0.39 is 0 Å². The standard InChI is InChI=1S/C13H19N3OS2/c14-13-16-8-12(19-13)18-9-11(17)15-7-6-10-4-2-1-3-5-10/h4,8H,1-3,5-7,9H2,(H2,14,16)(H,15,17). The topological polar surface area (TPSA) is 68.0 Å². The number of hydrogen-bond acceptors (Lipinski definition) is 5. The zero-order chi connectivity index (χ0) is 13.5. The maximum Gasteiger partial charge on any atom is 0.230 e. The van der Waals surface area contributed by atoms with Crippen molar-refractivity contribution in [1.29, 1.82) is 0 Å². The third kappa shape index (κ3) is 5.24.